The van der Waals surface area contributed by atoms with Crippen molar-refractivity contribution in [2.24, 2.45) is 0 Å². The monoisotopic (exact) mass is 307 g/mol. The van der Waals surface area contributed by atoms with Gasteiger partial charge in [0.25, 0.3) is 0 Å². The van der Waals surface area contributed by atoms with Crippen molar-refractivity contribution in [1.29, 1.82) is 0 Å². The molecule has 112 valence electrons. The topological polar surface area (TPSA) is 21.3 Å². The Morgan fingerprint density at radius 2 is 2.15 bits per heavy atom. The lowest BCUT2D eigenvalue weighted by molar-refractivity contribution is -0.137. The normalized spacial score (nSPS) is 19.3. The summed E-state index contributed by atoms with van der Waals surface area (Å²) in [6.45, 7) is 1.40. The van der Waals surface area contributed by atoms with Gasteiger partial charge in [-0.1, -0.05) is 11.6 Å². The molecular formula is C14H17ClF3NO. The third-order valence-electron chi connectivity index (χ3n) is 3.34. The number of anilines is 1. The maximum atomic E-state index is 12.6. The van der Waals surface area contributed by atoms with Crippen LogP contribution in [0.25, 0.3) is 0 Å². The molecule has 1 aromatic carbocycles. The molecule has 0 amide bonds. The molecule has 0 spiro atoms. The van der Waals surface area contributed by atoms with E-state index in [1.165, 1.54) is 6.07 Å². The van der Waals surface area contributed by atoms with Gasteiger partial charge in [0.2, 0.25) is 0 Å². The van der Waals surface area contributed by atoms with Gasteiger partial charge in [-0.2, -0.15) is 13.2 Å². The van der Waals surface area contributed by atoms with E-state index in [9.17, 15) is 13.2 Å². The molecule has 2 rings (SSSR count). The second kappa shape index (κ2) is 6.68. The summed E-state index contributed by atoms with van der Waals surface area (Å²) in [6.07, 6.45) is -0.115. The quantitative estimate of drug-likeness (QED) is 0.794. The van der Waals surface area contributed by atoms with Crippen LogP contribution in [0.3, 0.4) is 0 Å². The average Bonchev–Trinajstić information content (AvgIpc) is 2.88. The van der Waals surface area contributed by atoms with Crippen LogP contribution in [0.15, 0.2) is 18.2 Å². The Morgan fingerprint density at radius 3 is 2.80 bits per heavy atom. The Balaban J connectivity index is 1.85. The van der Waals surface area contributed by atoms with Crippen molar-refractivity contribution >= 4 is 17.3 Å². The van der Waals surface area contributed by atoms with Crippen molar-refractivity contribution in [2.75, 3.05) is 18.5 Å². The summed E-state index contributed by atoms with van der Waals surface area (Å²) in [5, 5.41) is 3.26. The Labute approximate surface area is 121 Å². The number of ether oxygens (including phenoxy) is 1. The molecule has 1 aliphatic heterocycles. The molecule has 0 aromatic heterocycles. The number of nitrogens with one attached hydrogen (secondary N) is 1. The first-order valence-electron chi connectivity index (χ1n) is 6.69. The van der Waals surface area contributed by atoms with Gasteiger partial charge in [0.05, 0.1) is 22.4 Å². The Bertz CT molecular complexity index is 445. The zero-order valence-electron chi connectivity index (χ0n) is 11.0. The third-order valence-corrected chi connectivity index (χ3v) is 3.67. The maximum absolute atomic E-state index is 12.6. The lowest BCUT2D eigenvalue weighted by atomic mass is 10.1. The van der Waals surface area contributed by atoms with E-state index in [2.05, 4.69) is 5.32 Å². The van der Waals surface area contributed by atoms with Crippen LogP contribution in [0.4, 0.5) is 18.9 Å². The molecule has 1 heterocycles. The predicted octanol–water partition coefficient (Wildman–Crippen LogP) is 4.73. The van der Waals surface area contributed by atoms with Crippen LogP contribution in [0.2, 0.25) is 5.02 Å². The maximum Gasteiger partial charge on any atom is 0.416 e. The number of hydrogen-bond acceptors (Lipinski definition) is 2. The van der Waals surface area contributed by atoms with E-state index in [1.807, 2.05) is 0 Å². The minimum absolute atomic E-state index is 0.300. The SMILES string of the molecule is FC(F)(F)c1ccc(Cl)c(NCCCC2CCCO2)c1. The highest BCUT2D eigenvalue weighted by Gasteiger charge is 2.30. The zero-order valence-corrected chi connectivity index (χ0v) is 11.7. The van der Waals surface area contributed by atoms with Crippen LogP contribution in [-0.4, -0.2) is 19.3 Å². The van der Waals surface area contributed by atoms with Crippen molar-refractivity contribution in [3.05, 3.63) is 28.8 Å². The Kier molecular flexibility index (Phi) is 5.16. The molecule has 0 saturated carbocycles. The van der Waals surface area contributed by atoms with Crippen LogP contribution in [-0.2, 0) is 10.9 Å². The molecule has 1 unspecified atom stereocenters. The summed E-state index contributed by atoms with van der Waals surface area (Å²) in [6, 6.07) is 3.31. The molecule has 2 nitrogen and oxygen atoms in total. The van der Waals surface area contributed by atoms with E-state index in [-0.39, 0.29) is 0 Å². The second-order valence-electron chi connectivity index (χ2n) is 4.90. The Hall–Kier alpha value is -0.940. The van der Waals surface area contributed by atoms with Crippen LogP contribution >= 0.6 is 11.6 Å². The number of rotatable bonds is 5. The molecule has 6 heteroatoms. The second-order valence-corrected chi connectivity index (χ2v) is 5.30. The Morgan fingerprint density at radius 1 is 1.35 bits per heavy atom. The highest BCUT2D eigenvalue weighted by atomic mass is 35.5. The van der Waals surface area contributed by atoms with Crippen molar-refractivity contribution in [2.45, 2.75) is 38.0 Å². The molecule has 1 aliphatic rings. The number of halogens is 4. The highest BCUT2D eigenvalue weighted by molar-refractivity contribution is 6.33. The van der Waals surface area contributed by atoms with Crippen LogP contribution in [0.1, 0.15) is 31.2 Å². The van der Waals surface area contributed by atoms with Crippen LogP contribution in [0, 0.1) is 0 Å². The van der Waals surface area contributed by atoms with Crippen molar-refractivity contribution in [1.82, 2.24) is 0 Å². The molecule has 1 fully saturated rings. The zero-order chi connectivity index (χ0) is 14.6. The minimum Gasteiger partial charge on any atom is -0.384 e. The first kappa shape index (κ1) is 15.4. The van der Waals surface area contributed by atoms with Crippen LogP contribution < -0.4 is 5.32 Å². The van der Waals surface area contributed by atoms with Gasteiger partial charge in [0.1, 0.15) is 0 Å². The van der Waals surface area contributed by atoms with Gasteiger partial charge in [0.15, 0.2) is 0 Å². The van der Waals surface area contributed by atoms with Gasteiger partial charge in [0, 0.05) is 13.2 Å². The van der Waals surface area contributed by atoms with Crippen molar-refractivity contribution in [3.63, 3.8) is 0 Å². The molecule has 1 saturated heterocycles. The fourth-order valence-electron chi connectivity index (χ4n) is 2.26. The average molecular weight is 308 g/mol. The third kappa shape index (κ3) is 4.28. The summed E-state index contributed by atoms with van der Waals surface area (Å²) >= 11 is 5.90. The lowest BCUT2D eigenvalue weighted by Crippen LogP contribution is -2.10. The first-order valence-corrected chi connectivity index (χ1v) is 7.07. The molecule has 1 atom stereocenters. The van der Waals surface area contributed by atoms with E-state index in [0.29, 0.717) is 23.4 Å². The van der Waals surface area contributed by atoms with E-state index in [4.69, 9.17) is 16.3 Å². The van der Waals surface area contributed by atoms with Gasteiger partial charge >= 0.3 is 6.18 Å². The predicted molar refractivity (Wildman–Crippen MR) is 73.2 cm³/mol. The number of hydrogen-bond donors (Lipinski definition) is 1. The van der Waals surface area contributed by atoms with E-state index in [1.54, 1.807) is 0 Å². The standard InChI is InChI=1S/C14H17ClF3NO/c15-12-6-5-10(14(16,17)18)9-13(12)19-7-1-3-11-4-2-8-20-11/h5-6,9,11,19H,1-4,7-8H2. The van der Waals surface area contributed by atoms with Crippen LogP contribution in [0.5, 0.6) is 0 Å². The van der Waals surface area contributed by atoms with Gasteiger partial charge in [-0.3, -0.25) is 0 Å². The van der Waals surface area contributed by atoms with Crippen molar-refractivity contribution < 1.29 is 17.9 Å². The molecule has 1 N–H and O–H groups in total. The van der Waals surface area contributed by atoms with E-state index >= 15 is 0 Å². The number of benzene rings is 1. The summed E-state index contributed by atoms with van der Waals surface area (Å²) in [5.41, 5.74) is -0.364. The summed E-state index contributed by atoms with van der Waals surface area (Å²) in [4.78, 5) is 0. The van der Waals surface area contributed by atoms with E-state index in [0.717, 1.165) is 44.4 Å². The molecule has 20 heavy (non-hydrogen) atoms. The fourth-order valence-corrected chi connectivity index (χ4v) is 2.45. The van der Waals surface area contributed by atoms with Gasteiger partial charge < -0.3 is 10.1 Å². The minimum atomic E-state index is -4.35. The van der Waals surface area contributed by atoms with Gasteiger partial charge in [-0.15, -0.1) is 0 Å². The summed E-state index contributed by atoms with van der Waals surface area (Å²) in [5.74, 6) is 0. The highest BCUT2D eigenvalue weighted by Crippen LogP contribution is 2.33. The van der Waals surface area contributed by atoms with E-state index < -0.39 is 11.7 Å². The van der Waals surface area contributed by atoms with Gasteiger partial charge in [-0.05, 0) is 43.9 Å². The largest absolute Gasteiger partial charge is 0.416 e. The number of alkyl halides is 3. The molecule has 0 bridgehead atoms. The summed E-state index contributed by atoms with van der Waals surface area (Å²) < 4.78 is 43.3. The first-order chi connectivity index (χ1) is 9.47. The molecular weight excluding hydrogens is 291 g/mol. The molecule has 0 aliphatic carbocycles. The fraction of sp³-hybridized carbons (Fsp3) is 0.571. The molecule has 1 aromatic rings. The van der Waals surface area contributed by atoms with Crippen molar-refractivity contribution in [3.8, 4) is 0 Å². The molecule has 0 radical (unpaired) electrons. The summed E-state index contributed by atoms with van der Waals surface area (Å²) in [7, 11) is 0. The lowest BCUT2D eigenvalue weighted by Gasteiger charge is -2.13. The smallest absolute Gasteiger partial charge is 0.384 e. The van der Waals surface area contributed by atoms with Gasteiger partial charge in [-0.25, -0.2) is 0 Å².